The Morgan fingerprint density at radius 1 is 1.25 bits per heavy atom. The van der Waals surface area contributed by atoms with Gasteiger partial charge in [0, 0.05) is 12.4 Å². The molecule has 1 aliphatic rings. The van der Waals surface area contributed by atoms with Gasteiger partial charge in [0.25, 0.3) is 0 Å². The van der Waals surface area contributed by atoms with Crippen molar-refractivity contribution in [3.63, 3.8) is 0 Å². The number of aliphatic imine (C=N–C) groups is 1. The lowest BCUT2D eigenvalue weighted by atomic mass is 9.87. The van der Waals surface area contributed by atoms with Gasteiger partial charge in [-0.15, -0.1) is 0 Å². The van der Waals surface area contributed by atoms with Crippen LogP contribution in [0.2, 0.25) is 0 Å². The number of allylic oxidation sites excluding steroid dienone is 1. The van der Waals surface area contributed by atoms with Crippen molar-refractivity contribution >= 4 is 24.5 Å². The molecular weight excluding hydrogens is 204 g/mol. The summed E-state index contributed by atoms with van der Waals surface area (Å²) in [6.07, 6.45) is 6.40. The highest BCUT2D eigenvalue weighted by Gasteiger charge is 2.28. The highest BCUT2D eigenvalue weighted by molar-refractivity contribution is 6.06. The van der Waals surface area contributed by atoms with Gasteiger partial charge in [0.15, 0.2) is 0 Å². The molecule has 1 aromatic rings. The molecule has 1 aliphatic heterocycles. The Balaban J connectivity index is 2.26. The Hall–Kier alpha value is -2.10. The van der Waals surface area contributed by atoms with Gasteiger partial charge < -0.3 is 9.59 Å². The van der Waals surface area contributed by atoms with Crippen LogP contribution in [0.15, 0.2) is 35.5 Å². The van der Waals surface area contributed by atoms with Crippen LogP contribution >= 0.6 is 0 Å². The van der Waals surface area contributed by atoms with Crippen LogP contribution in [-0.2, 0) is 9.59 Å². The van der Waals surface area contributed by atoms with Gasteiger partial charge in [0.2, 0.25) is 0 Å². The minimum atomic E-state index is -1.09. The van der Waals surface area contributed by atoms with E-state index < -0.39 is 5.41 Å². The first-order valence-electron chi connectivity index (χ1n) is 4.89. The highest BCUT2D eigenvalue weighted by Crippen LogP contribution is 2.25. The normalized spacial score (nSPS) is 17.6. The number of hydrogen-bond donors (Lipinski definition) is 0. The van der Waals surface area contributed by atoms with E-state index in [0.717, 1.165) is 5.69 Å². The molecule has 0 N–H and O–H groups in total. The van der Waals surface area contributed by atoms with Crippen LogP contribution in [0.4, 0.5) is 0 Å². The average Bonchev–Trinajstić information content (AvgIpc) is 2.40. The number of aromatic nitrogens is 1. The van der Waals surface area contributed by atoms with Crippen molar-refractivity contribution in [2.24, 2.45) is 10.4 Å². The van der Waals surface area contributed by atoms with Gasteiger partial charge in [-0.25, -0.2) is 0 Å². The minimum absolute atomic E-state index is 0.343. The van der Waals surface area contributed by atoms with E-state index in [-0.39, 0.29) is 0 Å². The molecule has 16 heavy (non-hydrogen) atoms. The van der Waals surface area contributed by atoms with Crippen molar-refractivity contribution in [2.75, 3.05) is 0 Å². The van der Waals surface area contributed by atoms with Crippen molar-refractivity contribution in [2.45, 2.75) is 6.42 Å². The third kappa shape index (κ3) is 1.82. The van der Waals surface area contributed by atoms with Crippen LogP contribution in [0.3, 0.4) is 0 Å². The number of carbonyl (C=O) groups is 2. The van der Waals surface area contributed by atoms with Crippen molar-refractivity contribution in [3.8, 4) is 0 Å². The number of carbonyl (C=O) groups excluding carboxylic acids is 2. The summed E-state index contributed by atoms with van der Waals surface area (Å²) in [4.78, 5) is 29.8. The molecule has 2 rings (SSSR count). The van der Waals surface area contributed by atoms with Gasteiger partial charge in [-0.05, 0) is 18.6 Å². The smallest absolute Gasteiger partial charge is 0.138 e. The quantitative estimate of drug-likeness (QED) is 0.562. The van der Waals surface area contributed by atoms with Crippen LogP contribution in [0.1, 0.15) is 12.1 Å². The first-order chi connectivity index (χ1) is 7.79. The Morgan fingerprint density at radius 3 is 2.56 bits per heavy atom. The molecule has 0 bridgehead atoms. The van der Waals surface area contributed by atoms with E-state index in [1.165, 1.54) is 6.21 Å². The zero-order chi connectivity index (χ0) is 11.4. The second-order valence-electron chi connectivity index (χ2n) is 3.61. The molecule has 0 saturated heterocycles. The largest absolute Gasteiger partial charge is 0.302 e. The molecule has 0 fully saturated rings. The molecule has 1 aromatic heterocycles. The third-order valence-corrected chi connectivity index (χ3v) is 2.46. The van der Waals surface area contributed by atoms with E-state index in [1.807, 2.05) is 18.2 Å². The molecule has 0 aromatic carbocycles. The summed E-state index contributed by atoms with van der Waals surface area (Å²) in [5, 5.41) is 0. The maximum atomic E-state index is 10.8. The van der Waals surface area contributed by atoms with Crippen molar-refractivity contribution in [1.29, 1.82) is 0 Å². The van der Waals surface area contributed by atoms with Crippen LogP contribution in [0.25, 0.3) is 5.70 Å². The minimum Gasteiger partial charge on any atom is -0.302 e. The molecule has 0 aliphatic carbocycles. The number of pyridine rings is 1. The number of aldehydes is 2. The lowest BCUT2D eigenvalue weighted by molar-refractivity contribution is -0.121. The summed E-state index contributed by atoms with van der Waals surface area (Å²) in [7, 11) is 0. The van der Waals surface area contributed by atoms with Crippen molar-refractivity contribution in [1.82, 2.24) is 4.98 Å². The topological polar surface area (TPSA) is 59.4 Å². The summed E-state index contributed by atoms with van der Waals surface area (Å²) in [6, 6.07) is 5.51. The van der Waals surface area contributed by atoms with E-state index in [9.17, 15) is 9.59 Å². The number of hydrogen-bond acceptors (Lipinski definition) is 4. The van der Waals surface area contributed by atoms with Gasteiger partial charge >= 0.3 is 0 Å². The fraction of sp³-hybridized carbons (Fsp3) is 0.167. The van der Waals surface area contributed by atoms with Gasteiger partial charge in [-0.2, -0.15) is 0 Å². The summed E-state index contributed by atoms with van der Waals surface area (Å²) in [5.74, 6) is 0. The maximum absolute atomic E-state index is 10.8. The van der Waals surface area contributed by atoms with Gasteiger partial charge in [-0.3, -0.25) is 9.98 Å². The molecule has 80 valence electrons. The van der Waals surface area contributed by atoms with Gasteiger partial charge in [0.05, 0.1) is 11.4 Å². The van der Waals surface area contributed by atoms with Crippen LogP contribution in [0, 0.1) is 5.41 Å². The maximum Gasteiger partial charge on any atom is 0.138 e. The zero-order valence-electron chi connectivity index (χ0n) is 8.54. The predicted octanol–water partition coefficient (Wildman–Crippen LogP) is 1.28. The summed E-state index contributed by atoms with van der Waals surface area (Å²) in [6.45, 7) is 0. The van der Waals surface area contributed by atoms with Crippen molar-refractivity contribution in [3.05, 3.63) is 36.2 Å². The lowest BCUT2D eigenvalue weighted by Crippen LogP contribution is -2.27. The second-order valence-corrected chi connectivity index (χ2v) is 3.61. The van der Waals surface area contributed by atoms with E-state index in [0.29, 0.717) is 24.7 Å². The van der Waals surface area contributed by atoms with E-state index in [1.54, 1.807) is 12.3 Å². The SMILES string of the molecule is O=CC1(C=O)C=NC(c2ccccn2)=CC1. The van der Waals surface area contributed by atoms with Crippen LogP contribution in [-0.4, -0.2) is 23.8 Å². The molecule has 0 saturated carbocycles. The van der Waals surface area contributed by atoms with Crippen LogP contribution in [0.5, 0.6) is 0 Å². The Morgan fingerprint density at radius 2 is 2.06 bits per heavy atom. The summed E-state index contributed by atoms with van der Waals surface area (Å²) in [5.41, 5.74) is 0.349. The molecule has 4 heteroatoms. The molecule has 0 unspecified atom stereocenters. The molecule has 2 heterocycles. The van der Waals surface area contributed by atoms with Crippen molar-refractivity contribution < 1.29 is 9.59 Å². The third-order valence-electron chi connectivity index (χ3n) is 2.46. The fourth-order valence-electron chi connectivity index (χ4n) is 1.44. The first-order valence-corrected chi connectivity index (χ1v) is 4.89. The highest BCUT2D eigenvalue weighted by atomic mass is 16.1. The van der Waals surface area contributed by atoms with Crippen LogP contribution < -0.4 is 0 Å². The first kappa shape index (κ1) is 10.4. The second kappa shape index (κ2) is 4.18. The summed E-state index contributed by atoms with van der Waals surface area (Å²) >= 11 is 0. The lowest BCUT2D eigenvalue weighted by Gasteiger charge is -2.18. The molecule has 0 amide bonds. The number of nitrogens with zero attached hydrogens (tertiary/aromatic N) is 2. The average molecular weight is 214 g/mol. The monoisotopic (exact) mass is 214 g/mol. The van der Waals surface area contributed by atoms with Gasteiger partial charge in [0.1, 0.15) is 18.0 Å². The molecular formula is C12H10N2O2. The predicted molar refractivity (Wildman–Crippen MR) is 59.9 cm³/mol. The Labute approximate surface area is 92.7 Å². The molecule has 0 radical (unpaired) electrons. The summed E-state index contributed by atoms with van der Waals surface area (Å²) < 4.78 is 0. The Kier molecular flexibility index (Phi) is 2.72. The zero-order valence-corrected chi connectivity index (χ0v) is 8.54. The fourth-order valence-corrected chi connectivity index (χ4v) is 1.44. The standard InChI is InChI=1S/C12H10N2O2/c15-8-12(9-16)5-4-11(14-7-12)10-3-1-2-6-13-10/h1-4,6-9H,5H2. The molecule has 4 nitrogen and oxygen atoms in total. The van der Waals surface area contributed by atoms with E-state index >= 15 is 0 Å². The van der Waals surface area contributed by atoms with E-state index in [2.05, 4.69) is 9.98 Å². The molecule has 0 spiro atoms. The van der Waals surface area contributed by atoms with Gasteiger partial charge in [-0.1, -0.05) is 12.1 Å². The van der Waals surface area contributed by atoms with E-state index in [4.69, 9.17) is 0 Å². The number of rotatable bonds is 3. The Bertz CT molecular complexity index is 455. The molecule has 0 atom stereocenters.